The fraction of sp³-hybridized carbons (Fsp3) is 1.00. The van der Waals surface area contributed by atoms with Crippen LogP contribution in [0.3, 0.4) is 0 Å². The fourth-order valence-corrected chi connectivity index (χ4v) is 3.12. The van der Waals surface area contributed by atoms with Crippen molar-refractivity contribution in [2.45, 2.75) is 45.1 Å². The van der Waals surface area contributed by atoms with E-state index in [1.54, 1.807) is 0 Å². The summed E-state index contributed by atoms with van der Waals surface area (Å²) in [4.78, 5) is 2.62. The van der Waals surface area contributed by atoms with Crippen LogP contribution < -0.4 is 5.32 Å². The van der Waals surface area contributed by atoms with Gasteiger partial charge in [0.25, 0.3) is 0 Å². The van der Waals surface area contributed by atoms with Crippen LogP contribution in [0.2, 0.25) is 0 Å². The van der Waals surface area contributed by atoms with Crippen LogP contribution in [-0.2, 0) is 4.74 Å². The van der Waals surface area contributed by atoms with Gasteiger partial charge in [-0.1, -0.05) is 0 Å². The molecule has 0 spiro atoms. The molecule has 2 aliphatic heterocycles. The molecule has 0 aromatic carbocycles. The van der Waals surface area contributed by atoms with E-state index in [4.69, 9.17) is 4.74 Å². The third-order valence-electron chi connectivity index (χ3n) is 4.18. The Morgan fingerprint density at radius 3 is 2.82 bits per heavy atom. The van der Waals surface area contributed by atoms with Crippen LogP contribution in [0.25, 0.3) is 0 Å². The molecule has 2 heterocycles. The smallest absolute Gasteiger partial charge is 0.0702 e. The molecule has 0 bridgehead atoms. The zero-order chi connectivity index (χ0) is 11.9. The Morgan fingerprint density at radius 1 is 1.24 bits per heavy atom. The molecule has 3 nitrogen and oxygen atoms in total. The molecule has 2 aliphatic rings. The number of piperidine rings is 2. The summed E-state index contributed by atoms with van der Waals surface area (Å²) in [6.07, 6.45) is 7.22. The molecule has 0 aliphatic carbocycles. The van der Waals surface area contributed by atoms with E-state index in [1.807, 2.05) is 0 Å². The largest absolute Gasteiger partial charge is 0.377 e. The lowest BCUT2D eigenvalue weighted by Crippen LogP contribution is -2.41. The minimum atomic E-state index is 0.502. The maximum atomic E-state index is 5.75. The molecule has 17 heavy (non-hydrogen) atoms. The molecule has 1 N–H and O–H groups in total. The molecule has 2 fully saturated rings. The molecule has 0 radical (unpaired) electrons. The van der Waals surface area contributed by atoms with Crippen molar-refractivity contribution >= 4 is 0 Å². The summed E-state index contributed by atoms with van der Waals surface area (Å²) in [6.45, 7) is 9.17. The number of hydrogen-bond donors (Lipinski definition) is 1. The molecular formula is C14H28N2O. The average molecular weight is 240 g/mol. The van der Waals surface area contributed by atoms with E-state index >= 15 is 0 Å². The SMILES string of the molecule is CCOC1CCCN(CCC2CCNCC2)C1. The molecule has 1 atom stereocenters. The highest BCUT2D eigenvalue weighted by molar-refractivity contribution is 4.75. The Kier molecular flexibility index (Phi) is 5.75. The molecule has 0 saturated carbocycles. The standard InChI is InChI=1S/C14H28N2O/c1-2-17-14-4-3-10-16(12-14)11-7-13-5-8-15-9-6-13/h13-15H,2-12H2,1H3. The highest BCUT2D eigenvalue weighted by Crippen LogP contribution is 2.19. The third-order valence-corrected chi connectivity index (χ3v) is 4.18. The second-order valence-electron chi connectivity index (χ2n) is 5.50. The van der Waals surface area contributed by atoms with Gasteiger partial charge in [-0.05, 0) is 71.1 Å². The molecule has 100 valence electrons. The second kappa shape index (κ2) is 7.34. The van der Waals surface area contributed by atoms with Gasteiger partial charge in [0.15, 0.2) is 0 Å². The maximum absolute atomic E-state index is 5.75. The minimum Gasteiger partial charge on any atom is -0.377 e. The number of nitrogens with zero attached hydrogens (tertiary/aromatic N) is 1. The van der Waals surface area contributed by atoms with Gasteiger partial charge in [0.1, 0.15) is 0 Å². The lowest BCUT2D eigenvalue weighted by molar-refractivity contribution is 0.00431. The van der Waals surface area contributed by atoms with Crippen molar-refractivity contribution in [3.05, 3.63) is 0 Å². The fourth-order valence-electron chi connectivity index (χ4n) is 3.12. The lowest BCUT2D eigenvalue weighted by atomic mass is 9.94. The summed E-state index contributed by atoms with van der Waals surface area (Å²) in [6, 6.07) is 0. The van der Waals surface area contributed by atoms with Gasteiger partial charge >= 0.3 is 0 Å². The van der Waals surface area contributed by atoms with Crippen molar-refractivity contribution in [3.8, 4) is 0 Å². The highest BCUT2D eigenvalue weighted by atomic mass is 16.5. The van der Waals surface area contributed by atoms with Gasteiger partial charge in [0, 0.05) is 13.2 Å². The first-order valence-electron chi connectivity index (χ1n) is 7.43. The van der Waals surface area contributed by atoms with Crippen molar-refractivity contribution < 1.29 is 4.74 Å². The first-order chi connectivity index (χ1) is 8.38. The van der Waals surface area contributed by atoms with Crippen molar-refractivity contribution in [2.75, 3.05) is 39.3 Å². The second-order valence-corrected chi connectivity index (χ2v) is 5.50. The molecule has 0 aromatic rings. The predicted molar refractivity (Wildman–Crippen MR) is 71.3 cm³/mol. The van der Waals surface area contributed by atoms with Crippen LogP contribution in [0, 0.1) is 5.92 Å². The van der Waals surface area contributed by atoms with Crippen LogP contribution in [-0.4, -0.2) is 50.3 Å². The normalized spacial score (nSPS) is 28.4. The number of rotatable bonds is 5. The van der Waals surface area contributed by atoms with Gasteiger partial charge in [-0.25, -0.2) is 0 Å². The monoisotopic (exact) mass is 240 g/mol. The Labute approximate surface area is 106 Å². The minimum absolute atomic E-state index is 0.502. The molecule has 0 amide bonds. The van der Waals surface area contributed by atoms with E-state index in [0.29, 0.717) is 6.10 Å². The summed E-state index contributed by atoms with van der Waals surface area (Å²) < 4.78 is 5.75. The van der Waals surface area contributed by atoms with E-state index in [1.165, 1.54) is 64.8 Å². The highest BCUT2D eigenvalue weighted by Gasteiger charge is 2.21. The van der Waals surface area contributed by atoms with Crippen LogP contribution in [0.1, 0.15) is 39.0 Å². The van der Waals surface area contributed by atoms with Crippen molar-refractivity contribution in [3.63, 3.8) is 0 Å². The van der Waals surface area contributed by atoms with E-state index in [9.17, 15) is 0 Å². The summed E-state index contributed by atoms with van der Waals surface area (Å²) in [7, 11) is 0. The van der Waals surface area contributed by atoms with Crippen LogP contribution in [0.15, 0.2) is 0 Å². The summed E-state index contributed by atoms with van der Waals surface area (Å²) in [5.41, 5.74) is 0. The van der Waals surface area contributed by atoms with Crippen molar-refractivity contribution in [1.82, 2.24) is 10.2 Å². The van der Waals surface area contributed by atoms with E-state index in [0.717, 1.165) is 12.5 Å². The van der Waals surface area contributed by atoms with E-state index in [2.05, 4.69) is 17.1 Å². The number of likely N-dealkylation sites (tertiary alicyclic amines) is 1. The topological polar surface area (TPSA) is 24.5 Å². The number of hydrogen-bond acceptors (Lipinski definition) is 3. The Hall–Kier alpha value is -0.120. The first-order valence-corrected chi connectivity index (χ1v) is 7.43. The van der Waals surface area contributed by atoms with Gasteiger partial charge in [0.05, 0.1) is 6.10 Å². The maximum Gasteiger partial charge on any atom is 0.0702 e. The van der Waals surface area contributed by atoms with Gasteiger partial charge in [-0.15, -0.1) is 0 Å². The van der Waals surface area contributed by atoms with Crippen molar-refractivity contribution in [1.29, 1.82) is 0 Å². The molecular weight excluding hydrogens is 212 g/mol. The van der Waals surface area contributed by atoms with Gasteiger partial charge in [0.2, 0.25) is 0 Å². The van der Waals surface area contributed by atoms with Crippen LogP contribution in [0.5, 0.6) is 0 Å². The van der Waals surface area contributed by atoms with Gasteiger partial charge in [-0.2, -0.15) is 0 Å². The first kappa shape index (κ1) is 13.3. The predicted octanol–water partition coefficient (Wildman–Crippen LogP) is 1.88. The van der Waals surface area contributed by atoms with Gasteiger partial charge in [-0.3, -0.25) is 0 Å². The van der Waals surface area contributed by atoms with Crippen LogP contribution in [0.4, 0.5) is 0 Å². The van der Waals surface area contributed by atoms with E-state index in [-0.39, 0.29) is 0 Å². The quantitative estimate of drug-likeness (QED) is 0.794. The molecule has 1 unspecified atom stereocenters. The number of ether oxygens (including phenoxy) is 1. The van der Waals surface area contributed by atoms with Crippen LogP contribution >= 0.6 is 0 Å². The zero-order valence-corrected chi connectivity index (χ0v) is 11.3. The number of nitrogens with one attached hydrogen (secondary N) is 1. The Bertz CT molecular complexity index is 202. The Balaban J connectivity index is 1.64. The lowest BCUT2D eigenvalue weighted by Gasteiger charge is -2.33. The summed E-state index contributed by atoms with van der Waals surface area (Å²) in [5.74, 6) is 0.962. The third kappa shape index (κ3) is 4.57. The Morgan fingerprint density at radius 2 is 2.06 bits per heavy atom. The molecule has 0 aromatic heterocycles. The van der Waals surface area contributed by atoms with E-state index < -0.39 is 0 Å². The average Bonchev–Trinajstić information content (AvgIpc) is 2.39. The molecule has 3 heteroatoms. The van der Waals surface area contributed by atoms with Crippen molar-refractivity contribution in [2.24, 2.45) is 5.92 Å². The molecule has 2 saturated heterocycles. The summed E-state index contributed by atoms with van der Waals surface area (Å²) >= 11 is 0. The van der Waals surface area contributed by atoms with Gasteiger partial charge < -0.3 is 15.0 Å². The molecule has 2 rings (SSSR count). The zero-order valence-electron chi connectivity index (χ0n) is 11.3. The summed E-state index contributed by atoms with van der Waals surface area (Å²) in [5, 5.41) is 3.44.